The van der Waals surface area contributed by atoms with E-state index >= 15 is 0 Å². The molecule has 2 aromatic rings. The first kappa shape index (κ1) is 21.7. The third-order valence-corrected chi connectivity index (χ3v) is 4.41. The molecule has 0 radical (unpaired) electrons. The number of benzene rings is 2. The van der Waals surface area contributed by atoms with Crippen LogP contribution in [0.5, 0.6) is 0 Å². The van der Waals surface area contributed by atoms with Crippen molar-refractivity contribution in [1.29, 1.82) is 0 Å². The van der Waals surface area contributed by atoms with Crippen molar-refractivity contribution in [2.24, 2.45) is 0 Å². The summed E-state index contributed by atoms with van der Waals surface area (Å²) in [5, 5.41) is 0. The Balaban J connectivity index is 2.31. The van der Waals surface area contributed by atoms with Gasteiger partial charge >= 0.3 is 12.4 Å². The van der Waals surface area contributed by atoms with Crippen LogP contribution in [0.1, 0.15) is 58.8 Å². The van der Waals surface area contributed by atoms with Crippen LogP contribution in [0.25, 0.3) is 6.08 Å². The van der Waals surface area contributed by atoms with Crippen molar-refractivity contribution in [3.8, 4) is 0 Å². The summed E-state index contributed by atoms with van der Waals surface area (Å²) >= 11 is 0. The van der Waals surface area contributed by atoms with E-state index in [1.165, 1.54) is 0 Å². The van der Waals surface area contributed by atoms with E-state index in [4.69, 9.17) is 0 Å². The maximum absolute atomic E-state index is 12.9. The summed E-state index contributed by atoms with van der Waals surface area (Å²) in [6.45, 7) is 4.05. The largest absolute Gasteiger partial charge is 0.416 e. The van der Waals surface area contributed by atoms with Crippen molar-refractivity contribution in [3.63, 3.8) is 0 Å². The van der Waals surface area contributed by atoms with Crippen LogP contribution in [0.15, 0.2) is 48.5 Å². The predicted octanol–water partition coefficient (Wildman–Crippen LogP) is 7.13. The smallest absolute Gasteiger partial charge is 0.289 e. The molecule has 2 aromatic carbocycles. The Morgan fingerprint density at radius 1 is 0.929 bits per heavy atom. The number of carbonyl (C=O) groups excluding carboxylic acids is 1. The van der Waals surface area contributed by atoms with Gasteiger partial charge in [-0.2, -0.15) is 26.3 Å². The molecule has 0 bridgehead atoms. The van der Waals surface area contributed by atoms with Crippen molar-refractivity contribution in [2.45, 2.75) is 38.5 Å². The molecule has 0 aliphatic rings. The van der Waals surface area contributed by atoms with Crippen LogP contribution in [0, 0.1) is 0 Å². The van der Waals surface area contributed by atoms with Gasteiger partial charge in [-0.1, -0.05) is 44.2 Å². The zero-order chi connectivity index (χ0) is 21.1. The number of allylic oxidation sites excluding steroid dienone is 1. The van der Waals surface area contributed by atoms with Crippen LogP contribution < -0.4 is 0 Å². The zero-order valence-electron chi connectivity index (χ0n) is 15.2. The lowest BCUT2D eigenvalue weighted by Gasteiger charge is -2.12. The molecule has 0 heterocycles. The van der Waals surface area contributed by atoms with Crippen molar-refractivity contribution in [3.05, 3.63) is 76.4 Å². The molecular weight excluding hydrogens is 382 g/mol. The first-order chi connectivity index (χ1) is 12.9. The summed E-state index contributed by atoms with van der Waals surface area (Å²) in [7, 11) is 0. The van der Waals surface area contributed by atoms with Crippen molar-refractivity contribution >= 4 is 11.9 Å². The second-order valence-electron chi connectivity index (χ2n) is 6.47. The fourth-order valence-corrected chi connectivity index (χ4v) is 2.55. The number of alkyl halides is 6. The summed E-state index contributed by atoms with van der Waals surface area (Å²) in [5.41, 5.74) is -1.87. The highest BCUT2D eigenvalue weighted by Crippen LogP contribution is 2.36. The predicted molar refractivity (Wildman–Crippen MR) is 95.0 cm³/mol. The standard InChI is InChI=1S/C21H18F6O/c1-3-13(2)15-5-7-16(8-6-15)19(28)9-4-14-10-17(20(22,23)24)12-18(11-14)21(25,26)27/h4-13H,3H2,1-2H3. The van der Waals surface area contributed by atoms with Crippen molar-refractivity contribution in [1.82, 2.24) is 0 Å². The Hall–Kier alpha value is -2.57. The van der Waals surface area contributed by atoms with Crippen molar-refractivity contribution in [2.75, 3.05) is 0 Å². The summed E-state index contributed by atoms with van der Waals surface area (Å²) in [4.78, 5) is 12.2. The molecule has 0 aromatic heterocycles. The van der Waals surface area contributed by atoms with Crippen LogP contribution >= 0.6 is 0 Å². The molecule has 0 saturated carbocycles. The molecule has 0 spiro atoms. The van der Waals surface area contributed by atoms with E-state index in [0.717, 1.165) is 24.1 Å². The quantitative estimate of drug-likeness (QED) is 0.296. The minimum absolute atomic E-state index is 0.0484. The third-order valence-electron chi connectivity index (χ3n) is 4.41. The van der Waals surface area contributed by atoms with E-state index in [2.05, 4.69) is 0 Å². The Morgan fingerprint density at radius 2 is 1.43 bits per heavy atom. The van der Waals surface area contributed by atoms with Crippen LogP contribution in [-0.4, -0.2) is 5.78 Å². The Bertz CT molecular complexity index is 828. The Morgan fingerprint density at radius 3 is 1.86 bits per heavy atom. The van der Waals surface area contributed by atoms with Crippen LogP contribution in [0.3, 0.4) is 0 Å². The van der Waals surface area contributed by atoms with E-state index in [1.54, 1.807) is 24.3 Å². The molecule has 2 rings (SSSR count). The first-order valence-electron chi connectivity index (χ1n) is 8.53. The van der Waals surface area contributed by atoms with E-state index < -0.39 is 29.3 Å². The van der Waals surface area contributed by atoms with Crippen LogP contribution in [-0.2, 0) is 12.4 Å². The monoisotopic (exact) mass is 400 g/mol. The molecule has 150 valence electrons. The summed E-state index contributed by atoms with van der Waals surface area (Å²) in [5.74, 6) is -0.202. The van der Waals surface area contributed by atoms with Crippen LogP contribution in [0.4, 0.5) is 26.3 Å². The minimum atomic E-state index is -4.93. The van der Waals surface area contributed by atoms with Gasteiger partial charge in [-0.25, -0.2) is 0 Å². The highest BCUT2D eigenvalue weighted by atomic mass is 19.4. The normalized spacial score (nSPS) is 13.7. The lowest BCUT2D eigenvalue weighted by atomic mass is 9.96. The molecule has 0 aliphatic heterocycles. The fourth-order valence-electron chi connectivity index (χ4n) is 2.55. The van der Waals surface area contributed by atoms with Gasteiger partial charge in [-0.3, -0.25) is 4.79 Å². The number of hydrogen-bond donors (Lipinski definition) is 0. The maximum Gasteiger partial charge on any atom is 0.416 e. The molecule has 7 heteroatoms. The molecule has 1 atom stereocenters. The van der Waals surface area contributed by atoms with Gasteiger partial charge in [0.25, 0.3) is 0 Å². The second kappa shape index (κ2) is 8.20. The highest BCUT2D eigenvalue weighted by Gasteiger charge is 2.36. The molecule has 1 unspecified atom stereocenters. The van der Waals surface area contributed by atoms with Gasteiger partial charge in [0.15, 0.2) is 5.78 Å². The first-order valence-corrected chi connectivity index (χ1v) is 8.53. The maximum atomic E-state index is 12.9. The summed E-state index contributed by atoms with van der Waals surface area (Å²) in [6.07, 6.45) is -7.02. The van der Waals surface area contributed by atoms with Crippen LogP contribution in [0.2, 0.25) is 0 Å². The number of halogens is 6. The van der Waals surface area contributed by atoms with E-state index in [9.17, 15) is 31.1 Å². The van der Waals surface area contributed by atoms with E-state index in [-0.39, 0.29) is 11.6 Å². The Labute approximate surface area is 158 Å². The highest BCUT2D eigenvalue weighted by molar-refractivity contribution is 6.06. The molecular formula is C21H18F6O. The second-order valence-corrected chi connectivity index (χ2v) is 6.47. The van der Waals surface area contributed by atoms with E-state index in [1.807, 2.05) is 13.8 Å². The fraction of sp³-hybridized carbons (Fsp3) is 0.286. The number of rotatable bonds is 5. The number of ketones is 1. The molecule has 0 N–H and O–H groups in total. The van der Waals surface area contributed by atoms with Gasteiger partial charge in [-0.15, -0.1) is 0 Å². The average Bonchev–Trinajstić information content (AvgIpc) is 2.64. The molecule has 0 saturated heterocycles. The minimum Gasteiger partial charge on any atom is -0.289 e. The topological polar surface area (TPSA) is 17.1 Å². The molecule has 28 heavy (non-hydrogen) atoms. The van der Waals surface area contributed by atoms with Gasteiger partial charge in [0.1, 0.15) is 0 Å². The molecule has 1 nitrogen and oxygen atoms in total. The summed E-state index contributed by atoms with van der Waals surface area (Å²) < 4.78 is 77.2. The SMILES string of the molecule is CCC(C)c1ccc(C(=O)C=Cc2cc(C(F)(F)F)cc(C(F)(F)F)c2)cc1. The average molecular weight is 400 g/mol. The van der Waals surface area contributed by atoms with E-state index in [0.29, 0.717) is 23.6 Å². The Kier molecular flexibility index (Phi) is 6.37. The van der Waals surface area contributed by atoms with Gasteiger partial charge < -0.3 is 0 Å². The molecule has 0 fully saturated rings. The molecule has 0 amide bonds. The number of carbonyl (C=O) groups is 1. The zero-order valence-corrected chi connectivity index (χ0v) is 15.2. The third kappa shape index (κ3) is 5.47. The number of hydrogen-bond acceptors (Lipinski definition) is 1. The van der Waals surface area contributed by atoms with Gasteiger partial charge in [-0.05, 0) is 47.7 Å². The summed E-state index contributed by atoms with van der Waals surface area (Å²) in [6, 6.07) is 7.92. The lowest BCUT2D eigenvalue weighted by molar-refractivity contribution is -0.143. The van der Waals surface area contributed by atoms with Gasteiger partial charge in [0.05, 0.1) is 11.1 Å². The van der Waals surface area contributed by atoms with Gasteiger partial charge in [0, 0.05) is 5.56 Å². The van der Waals surface area contributed by atoms with Gasteiger partial charge in [0.2, 0.25) is 0 Å². The van der Waals surface area contributed by atoms with Crippen molar-refractivity contribution < 1.29 is 31.1 Å². The molecule has 0 aliphatic carbocycles. The lowest BCUT2D eigenvalue weighted by Crippen LogP contribution is -2.11.